The van der Waals surface area contributed by atoms with E-state index in [4.69, 9.17) is 5.11 Å². The second-order valence-corrected chi connectivity index (χ2v) is 4.54. The van der Waals surface area contributed by atoms with Gasteiger partial charge in [-0.05, 0) is 26.7 Å². The summed E-state index contributed by atoms with van der Waals surface area (Å²) in [5, 5.41) is 13.1. The third-order valence-corrected chi connectivity index (χ3v) is 3.15. The standard InChI is InChI=1S/C12H17N3O3/c1-3-14-7-9(6-13-14)11(16)15(10-4-5-10)8(2)12(17)18/h6-8,10H,3-5H2,1-2H3,(H,17,18). The molecule has 1 unspecified atom stereocenters. The number of carbonyl (C=O) groups excluding carboxylic acids is 1. The molecule has 0 radical (unpaired) electrons. The lowest BCUT2D eigenvalue weighted by Crippen LogP contribution is -2.44. The normalized spacial score (nSPS) is 16.3. The van der Waals surface area contributed by atoms with Crippen LogP contribution in [0.2, 0.25) is 0 Å². The van der Waals surface area contributed by atoms with Gasteiger partial charge in [0, 0.05) is 18.8 Å². The van der Waals surface area contributed by atoms with Crippen LogP contribution in [0.1, 0.15) is 37.0 Å². The van der Waals surface area contributed by atoms with Gasteiger partial charge in [0.05, 0.1) is 11.8 Å². The van der Waals surface area contributed by atoms with E-state index in [0.29, 0.717) is 12.1 Å². The molecule has 1 aromatic rings. The number of aromatic nitrogens is 2. The molecular weight excluding hydrogens is 234 g/mol. The molecule has 1 atom stereocenters. The van der Waals surface area contributed by atoms with Gasteiger partial charge in [-0.15, -0.1) is 0 Å². The maximum absolute atomic E-state index is 12.3. The molecule has 1 saturated carbocycles. The van der Waals surface area contributed by atoms with Crippen molar-refractivity contribution in [3.63, 3.8) is 0 Å². The average molecular weight is 251 g/mol. The molecule has 0 aromatic carbocycles. The zero-order valence-electron chi connectivity index (χ0n) is 10.5. The first-order valence-corrected chi connectivity index (χ1v) is 6.12. The van der Waals surface area contributed by atoms with E-state index in [1.165, 1.54) is 11.1 Å². The van der Waals surface area contributed by atoms with Gasteiger partial charge >= 0.3 is 5.97 Å². The van der Waals surface area contributed by atoms with Crippen LogP contribution in [0.4, 0.5) is 0 Å². The van der Waals surface area contributed by atoms with Gasteiger partial charge in [-0.2, -0.15) is 5.10 Å². The van der Waals surface area contributed by atoms with Crippen LogP contribution < -0.4 is 0 Å². The van der Waals surface area contributed by atoms with E-state index >= 15 is 0 Å². The minimum atomic E-state index is -0.974. The number of rotatable bonds is 5. The highest BCUT2D eigenvalue weighted by molar-refractivity contribution is 5.96. The van der Waals surface area contributed by atoms with E-state index in [0.717, 1.165) is 12.8 Å². The Kier molecular flexibility index (Phi) is 3.36. The Morgan fingerprint density at radius 2 is 2.28 bits per heavy atom. The van der Waals surface area contributed by atoms with Crippen molar-refractivity contribution < 1.29 is 14.7 Å². The highest BCUT2D eigenvalue weighted by atomic mass is 16.4. The van der Waals surface area contributed by atoms with Gasteiger partial charge in [-0.3, -0.25) is 9.48 Å². The van der Waals surface area contributed by atoms with Crippen LogP contribution in [0.15, 0.2) is 12.4 Å². The highest BCUT2D eigenvalue weighted by Crippen LogP contribution is 2.30. The second-order valence-electron chi connectivity index (χ2n) is 4.54. The van der Waals surface area contributed by atoms with E-state index in [-0.39, 0.29) is 11.9 Å². The Morgan fingerprint density at radius 3 is 2.72 bits per heavy atom. The molecular formula is C12H17N3O3. The SMILES string of the molecule is CCn1cc(C(=O)N(C2CC2)C(C)C(=O)O)cn1. The van der Waals surface area contributed by atoms with E-state index in [9.17, 15) is 9.59 Å². The summed E-state index contributed by atoms with van der Waals surface area (Å²) in [5.74, 6) is -1.22. The molecule has 1 N–H and O–H groups in total. The Hall–Kier alpha value is -1.85. The first-order chi connectivity index (χ1) is 8.54. The van der Waals surface area contributed by atoms with E-state index < -0.39 is 12.0 Å². The van der Waals surface area contributed by atoms with Crippen LogP contribution in [0.3, 0.4) is 0 Å². The number of carbonyl (C=O) groups is 2. The van der Waals surface area contributed by atoms with E-state index in [1.807, 2.05) is 6.92 Å². The molecule has 1 heterocycles. The fourth-order valence-electron chi connectivity index (χ4n) is 1.93. The number of carboxylic acid groups (broad SMARTS) is 1. The first-order valence-electron chi connectivity index (χ1n) is 6.12. The van der Waals surface area contributed by atoms with Crippen LogP contribution in [0, 0.1) is 0 Å². The number of hydrogen-bond donors (Lipinski definition) is 1. The summed E-state index contributed by atoms with van der Waals surface area (Å²) in [6.45, 7) is 4.16. The zero-order valence-corrected chi connectivity index (χ0v) is 10.5. The summed E-state index contributed by atoms with van der Waals surface area (Å²) in [7, 11) is 0. The fourth-order valence-corrected chi connectivity index (χ4v) is 1.93. The van der Waals surface area contributed by atoms with E-state index in [2.05, 4.69) is 5.10 Å². The van der Waals surface area contributed by atoms with Crippen molar-refractivity contribution in [3.8, 4) is 0 Å². The minimum absolute atomic E-state index is 0.0635. The van der Waals surface area contributed by atoms with Crippen LogP contribution in [-0.2, 0) is 11.3 Å². The van der Waals surface area contributed by atoms with Gasteiger partial charge in [-0.1, -0.05) is 0 Å². The summed E-state index contributed by atoms with van der Waals surface area (Å²) in [6.07, 6.45) is 4.92. The number of aryl methyl sites for hydroxylation is 1. The van der Waals surface area contributed by atoms with Gasteiger partial charge in [0.15, 0.2) is 0 Å². The Labute approximate surface area is 105 Å². The Balaban J connectivity index is 2.20. The molecule has 18 heavy (non-hydrogen) atoms. The monoisotopic (exact) mass is 251 g/mol. The maximum atomic E-state index is 12.3. The minimum Gasteiger partial charge on any atom is -0.480 e. The molecule has 1 aromatic heterocycles. The molecule has 98 valence electrons. The lowest BCUT2D eigenvalue weighted by Gasteiger charge is -2.25. The molecule has 0 aliphatic heterocycles. The number of aliphatic carboxylic acids is 1. The third kappa shape index (κ3) is 2.37. The number of hydrogen-bond acceptors (Lipinski definition) is 3. The lowest BCUT2D eigenvalue weighted by molar-refractivity contribution is -0.141. The molecule has 0 spiro atoms. The van der Waals surface area contributed by atoms with Crippen molar-refractivity contribution in [2.45, 2.75) is 45.3 Å². The molecule has 6 nitrogen and oxygen atoms in total. The fraction of sp³-hybridized carbons (Fsp3) is 0.583. The van der Waals surface area contributed by atoms with Crippen LogP contribution in [-0.4, -0.2) is 43.7 Å². The van der Waals surface area contributed by atoms with Crippen molar-refractivity contribution in [2.24, 2.45) is 0 Å². The quantitative estimate of drug-likeness (QED) is 0.846. The van der Waals surface area contributed by atoms with Crippen molar-refractivity contribution in [1.82, 2.24) is 14.7 Å². The van der Waals surface area contributed by atoms with Gasteiger partial charge in [0.25, 0.3) is 5.91 Å². The number of nitrogens with zero attached hydrogens (tertiary/aromatic N) is 3. The topological polar surface area (TPSA) is 75.4 Å². The van der Waals surface area contributed by atoms with Crippen LogP contribution in [0.5, 0.6) is 0 Å². The average Bonchev–Trinajstić information content (AvgIpc) is 3.05. The van der Waals surface area contributed by atoms with Crippen molar-refractivity contribution in [1.29, 1.82) is 0 Å². The van der Waals surface area contributed by atoms with Gasteiger partial charge < -0.3 is 10.0 Å². The van der Waals surface area contributed by atoms with Gasteiger partial charge in [-0.25, -0.2) is 4.79 Å². The Morgan fingerprint density at radius 1 is 1.61 bits per heavy atom. The smallest absolute Gasteiger partial charge is 0.326 e. The largest absolute Gasteiger partial charge is 0.480 e. The second kappa shape index (κ2) is 4.80. The predicted molar refractivity (Wildman–Crippen MR) is 64.2 cm³/mol. The van der Waals surface area contributed by atoms with E-state index in [1.54, 1.807) is 17.8 Å². The summed E-state index contributed by atoms with van der Waals surface area (Å²) >= 11 is 0. The van der Waals surface area contributed by atoms with Gasteiger partial charge in [0.1, 0.15) is 6.04 Å². The number of amides is 1. The molecule has 1 fully saturated rings. The van der Waals surface area contributed by atoms with Crippen LogP contribution in [0.25, 0.3) is 0 Å². The summed E-state index contributed by atoms with van der Waals surface area (Å²) in [6, 6.07) is -0.733. The number of carboxylic acids is 1. The lowest BCUT2D eigenvalue weighted by atomic mass is 10.2. The first kappa shape index (κ1) is 12.6. The molecule has 1 amide bonds. The molecule has 6 heteroatoms. The summed E-state index contributed by atoms with van der Waals surface area (Å²) in [4.78, 5) is 24.8. The Bertz CT molecular complexity index is 465. The molecule has 2 rings (SSSR count). The highest BCUT2D eigenvalue weighted by Gasteiger charge is 2.39. The third-order valence-electron chi connectivity index (χ3n) is 3.15. The van der Waals surface area contributed by atoms with Crippen molar-refractivity contribution >= 4 is 11.9 Å². The summed E-state index contributed by atoms with van der Waals surface area (Å²) < 4.78 is 1.66. The van der Waals surface area contributed by atoms with Crippen molar-refractivity contribution in [2.75, 3.05) is 0 Å². The maximum Gasteiger partial charge on any atom is 0.326 e. The summed E-state index contributed by atoms with van der Waals surface area (Å²) in [5.41, 5.74) is 0.455. The molecule has 1 aliphatic rings. The van der Waals surface area contributed by atoms with Crippen molar-refractivity contribution in [3.05, 3.63) is 18.0 Å². The molecule has 0 bridgehead atoms. The predicted octanol–water partition coefficient (Wildman–Crippen LogP) is 0.981. The van der Waals surface area contributed by atoms with Gasteiger partial charge in [0.2, 0.25) is 0 Å². The zero-order chi connectivity index (χ0) is 13.3. The van der Waals surface area contributed by atoms with Crippen LogP contribution >= 0.6 is 0 Å². The molecule has 1 aliphatic carbocycles. The molecule has 0 saturated heterocycles.